The molecule has 1 heterocycles. The lowest BCUT2D eigenvalue weighted by molar-refractivity contribution is 0.0988. The van der Waals surface area contributed by atoms with Crippen LogP contribution in [0, 0.1) is 0 Å². The van der Waals surface area contributed by atoms with E-state index < -0.39 is 0 Å². The molecule has 19 heavy (non-hydrogen) atoms. The summed E-state index contributed by atoms with van der Waals surface area (Å²) in [6.45, 7) is 9.78. The number of nitrogens with one attached hydrogen (secondary N) is 1. The molecule has 0 amide bonds. The van der Waals surface area contributed by atoms with Crippen LogP contribution in [0.5, 0.6) is 0 Å². The zero-order chi connectivity index (χ0) is 13.8. The molecule has 1 unspecified atom stereocenters. The first-order chi connectivity index (χ1) is 9.09. The maximum atomic E-state index is 6.38. The first-order valence-corrected chi connectivity index (χ1v) is 7.32. The summed E-state index contributed by atoms with van der Waals surface area (Å²) < 4.78 is 5.51. The number of hydrogen-bond acceptors (Lipinski definition) is 3. The van der Waals surface area contributed by atoms with Crippen molar-refractivity contribution in [2.45, 2.75) is 39.4 Å². The van der Waals surface area contributed by atoms with E-state index in [9.17, 15) is 0 Å². The van der Waals surface area contributed by atoms with Crippen LogP contribution in [0.2, 0.25) is 5.02 Å². The third-order valence-electron chi connectivity index (χ3n) is 3.46. The van der Waals surface area contributed by atoms with Gasteiger partial charge in [0.15, 0.2) is 0 Å². The first-order valence-electron chi connectivity index (χ1n) is 6.94. The number of hydrogen-bond donors (Lipinski definition) is 1. The van der Waals surface area contributed by atoms with E-state index in [1.54, 1.807) is 0 Å². The molecule has 2 rings (SSSR count). The van der Waals surface area contributed by atoms with E-state index >= 15 is 0 Å². The molecule has 1 aliphatic rings. The lowest BCUT2D eigenvalue weighted by atomic mass is 10.1. The second-order valence-electron chi connectivity index (χ2n) is 5.39. The Balaban J connectivity index is 2.25. The van der Waals surface area contributed by atoms with Gasteiger partial charge in [0.2, 0.25) is 0 Å². The Morgan fingerprint density at radius 3 is 2.95 bits per heavy atom. The predicted molar refractivity (Wildman–Crippen MR) is 81.1 cm³/mol. The molecule has 1 aromatic rings. The van der Waals surface area contributed by atoms with Crippen molar-refractivity contribution in [1.82, 2.24) is 5.32 Å². The van der Waals surface area contributed by atoms with Gasteiger partial charge in [0.1, 0.15) is 0 Å². The number of morpholine rings is 1. The van der Waals surface area contributed by atoms with Crippen molar-refractivity contribution < 1.29 is 4.74 Å². The molecule has 0 spiro atoms. The van der Waals surface area contributed by atoms with E-state index in [2.05, 4.69) is 37.1 Å². The van der Waals surface area contributed by atoms with Gasteiger partial charge in [-0.15, -0.1) is 0 Å². The molecule has 0 aromatic heterocycles. The van der Waals surface area contributed by atoms with Crippen molar-refractivity contribution in [3.8, 4) is 0 Å². The van der Waals surface area contributed by atoms with Gasteiger partial charge in [-0.3, -0.25) is 0 Å². The van der Waals surface area contributed by atoms with Crippen LogP contribution in [0.1, 0.15) is 26.3 Å². The van der Waals surface area contributed by atoms with Crippen molar-refractivity contribution in [2.24, 2.45) is 0 Å². The standard InChI is InChI=1S/C15H23ClN2O/c1-11(2)17-9-13-14(16)5-4-6-15(13)18-7-8-19-10-12(18)3/h4-6,11-12,17H,7-10H2,1-3H3. The van der Waals surface area contributed by atoms with Crippen LogP contribution >= 0.6 is 11.6 Å². The molecule has 1 aromatic carbocycles. The second-order valence-corrected chi connectivity index (χ2v) is 5.80. The Bertz CT molecular complexity index is 423. The third-order valence-corrected chi connectivity index (χ3v) is 3.81. The average Bonchev–Trinajstić information content (AvgIpc) is 2.37. The largest absolute Gasteiger partial charge is 0.377 e. The van der Waals surface area contributed by atoms with Crippen molar-refractivity contribution in [1.29, 1.82) is 0 Å². The Kier molecular flexibility index (Phi) is 5.08. The highest BCUT2D eigenvalue weighted by atomic mass is 35.5. The van der Waals surface area contributed by atoms with Gasteiger partial charge in [0.25, 0.3) is 0 Å². The Morgan fingerprint density at radius 2 is 2.26 bits per heavy atom. The van der Waals surface area contributed by atoms with Crippen LogP contribution in [-0.4, -0.2) is 31.8 Å². The zero-order valence-corrected chi connectivity index (χ0v) is 12.7. The molecule has 1 atom stereocenters. The summed E-state index contributed by atoms with van der Waals surface area (Å²) in [4.78, 5) is 2.40. The molecule has 0 saturated carbocycles. The fourth-order valence-corrected chi connectivity index (χ4v) is 2.62. The summed E-state index contributed by atoms with van der Waals surface area (Å²) in [7, 11) is 0. The molecule has 4 heteroatoms. The van der Waals surface area contributed by atoms with Gasteiger partial charge in [0.05, 0.1) is 13.2 Å². The number of ether oxygens (including phenoxy) is 1. The number of benzene rings is 1. The number of anilines is 1. The fraction of sp³-hybridized carbons (Fsp3) is 0.600. The summed E-state index contributed by atoms with van der Waals surface area (Å²) >= 11 is 6.38. The van der Waals surface area contributed by atoms with E-state index in [4.69, 9.17) is 16.3 Å². The van der Waals surface area contributed by atoms with Crippen LogP contribution in [-0.2, 0) is 11.3 Å². The lowest BCUT2D eigenvalue weighted by Gasteiger charge is -2.36. The van der Waals surface area contributed by atoms with E-state index in [0.29, 0.717) is 12.1 Å². The van der Waals surface area contributed by atoms with Crippen LogP contribution < -0.4 is 10.2 Å². The van der Waals surface area contributed by atoms with Crippen molar-refractivity contribution in [2.75, 3.05) is 24.7 Å². The van der Waals surface area contributed by atoms with Crippen LogP contribution in [0.4, 0.5) is 5.69 Å². The van der Waals surface area contributed by atoms with Gasteiger partial charge in [0, 0.05) is 41.4 Å². The summed E-state index contributed by atoms with van der Waals surface area (Å²) in [6, 6.07) is 6.99. The third kappa shape index (κ3) is 3.62. The first kappa shape index (κ1) is 14.6. The lowest BCUT2D eigenvalue weighted by Crippen LogP contribution is -2.44. The highest BCUT2D eigenvalue weighted by Gasteiger charge is 2.22. The quantitative estimate of drug-likeness (QED) is 0.919. The summed E-state index contributed by atoms with van der Waals surface area (Å²) in [5.41, 5.74) is 2.42. The fourth-order valence-electron chi connectivity index (χ4n) is 2.38. The highest BCUT2D eigenvalue weighted by molar-refractivity contribution is 6.31. The molecule has 0 aliphatic carbocycles. The molecule has 1 saturated heterocycles. The van der Waals surface area contributed by atoms with E-state index in [0.717, 1.165) is 31.3 Å². The Hall–Kier alpha value is -0.770. The number of nitrogens with zero attached hydrogens (tertiary/aromatic N) is 1. The van der Waals surface area contributed by atoms with Crippen LogP contribution in [0.3, 0.4) is 0 Å². The normalized spacial score (nSPS) is 20.1. The predicted octanol–water partition coefficient (Wildman–Crippen LogP) is 3.06. The number of halogens is 1. The molecule has 0 radical (unpaired) electrons. The van der Waals surface area contributed by atoms with E-state index in [1.807, 2.05) is 12.1 Å². The molecular formula is C15H23ClN2O. The summed E-state index contributed by atoms with van der Waals surface area (Å²) in [5.74, 6) is 0. The topological polar surface area (TPSA) is 24.5 Å². The molecule has 1 aliphatic heterocycles. The minimum Gasteiger partial charge on any atom is -0.377 e. The van der Waals surface area contributed by atoms with Crippen molar-refractivity contribution in [3.05, 3.63) is 28.8 Å². The molecule has 1 fully saturated rings. The zero-order valence-electron chi connectivity index (χ0n) is 11.9. The van der Waals surface area contributed by atoms with Crippen LogP contribution in [0.15, 0.2) is 18.2 Å². The van der Waals surface area contributed by atoms with Gasteiger partial charge in [-0.1, -0.05) is 31.5 Å². The maximum absolute atomic E-state index is 6.38. The summed E-state index contributed by atoms with van der Waals surface area (Å²) in [5, 5.41) is 4.29. The van der Waals surface area contributed by atoms with Crippen LogP contribution in [0.25, 0.3) is 0 Å². The van der Waals surface area contributed by atoms with E-state index in [-0.39, 0.29) is 0 Å². The molecule has 0 bridgehead atoms. The van der Waals surface area contributed by atoms with Gasteiger partial charge in [-0.05, 0) is 19.1 Å². The Labute approximate surface area is 120 Å². The van der Waals surface area contributed by atoms with Gasteiger partial charge in [-0.2, -0.15) is 0 Å². The summed E-state index contributed by atoms with van der Waals surface area (Å²) in [6.07, 6.45) is 0. The molecule has 1 N–H and O–H groups in total. The number of rotatable bonds is 4. The van der Waals surface area contributed by atoms with Crippen molar-refractivity contribution >= 4 is 17.3 Å². The van der Waals surface area contributed by atoms with Crippen molar-refractivity contribution in [3.63, 3.8) is 0 Å². The van der Waals surface area contributed by atoms with E-state index in [1.165, 1.54) is 11.3 Å². The average molecular weight is 283 g/mol. The monoisotopic (exact) mass is 282 g/mol. The molecule has 106 valence electrons. The Morgan fingerprint density at radius 1 is 1.47 bits per heavy atom. The van der Waals surface area contributed by atoms with Gasteiger partial charge < -0.3 is 15.0 Å². The maximum Gasteiger partial charge on any atom is 0.0668 e. The molecule has 3 nitrogen and oxygen atoms in total. The minimum atomic E-state index is 0.394. The highest BCUT2D eigenvalue weighted by Crippen LogP contribution is 2.29. The smallest absolute Gasteiger partial charge is 0.0668 e. The van der Waals surface area contributed by atoms with Gasteiger partial charge >= 0.3 is 0 Å². The van der Waals surface area contributed by atoms with Gasteiger partial charge in [-0.25, -0.2) is 0 Å². The minimum absolute atomic E-state index is 0.394. The second kappa shape index (κ2) is 6.60. The molecular weight excluding hydrogens is 260 g/mol. The SMILES string of the molecule is CC(C)NCc1c(Cl)cccc1N1CCOCC1C.